The molecule has 0 unspecified atom stereocenters. The Balaban J connectivity index is 1.76. The molecule has 6 heteroatoms. The summed E-state index contributed by atoms with van der Waals surface area (Å²) in [4.78, 5) is 30.0. The smallest absolute Gasteiger partial charge is 0.268 e. The molecule has 0 aliphatic heterocycles. The van der Waals surface area contributed by atoms with Crippen LogP contribution in [-0.2, 0) is 7.05 Å². The van der Waals surface area contributed by atoms with Crippen molar-refractivity contribution in [3.8, 4) is 0 Å². The molecule has 25 heavy (non-hydrogen) atoms. The molecule has 0 aromatic carbocycles. The minimum atomic E-state index is -0.152. The summed E-state index contributed by atoms with van der Waals surface area (Å²) in [6.45, 7) is 2.19. The summed E-state index contributed by atoms with van der Waals surface area (Å²) in [6.07, 6.45) is 6.24. The number of amides is 1. The fraction of sp³-hybridized carbons (Fsp3) is 0.421. The van der Waals surface area contributed by atoms with Crippen molar-refractivity contribution in [1.29, 1.82) is 0 Å². The minimum Gasteiger partial charge on any atom is -0.348 e. The summed E-state index contributed by atoms with van der Waals surface area (Å²) in [7, 11) is 1.79. The van der Waals surface area contributed by atoms with Gasteiger partial charge in [0.2, 0.25) is 0 Å². The van der Waals surface area contributed by atoms with E-state index in [2.05, 4.69) is 17.2 Å². The van der Waals surface area contributed by atoms with Crippen LogP contribution in [0.25, 0.3) is 16.7 Å². The van der Waals surface area contributed by atoms with E-state index in [1.807, 2.05) is 6.07 Å². The summed E-state index contributed by atoms with van der Waals surface area (Å²) in [5.41, 5.74) is 1.45. The van der Waals surface area contributed by atoms with E-state index < -0.39 is 0 Å². The third kappa shape index (κ3) is 2.62. The van der Waals surface area contributed by atoms with E-state index in [1.165, 1.54) is 10.8 Å². The Morgan fingerprint density at radius 1 is 1.28 bits per heavy atom. The van der Waals surface area contributed by atoms with Crippen molar-refractivity contribution < 1.29 is 4.79 Å². The van der Waals surface area contributed by atoms with Crippen LogP contribution in [0, 0.1) is 5.92 Å². The van der Waals surface area contributed by atoms with Gasteiger partial charge < -0.3 is 9.88 Å². The van der Waals surface area contributed by atoms with Crippen LogP contribution < -0.4 is 10.9 Å². The molecule has 0 spiro atoms. The molecule has 0 saturated heterocycles. The van der Waals surface area contributed by atoms with E-state index in [0.717, 1.165) is 19.3 Å². The number of pyridine rings is 1. The molecular formula is C19H22N4O2. The molecule has 4 rings (SSSR count). The Bertz CT molecular complexity index is 1020. The molecule has 3 aromatic heterocycles. The lowest BCUT2D eigenvalue weighted by molar-refractivity contribution is 0.0902. The summed E-state index contributed by atoms with van der Waals surface area (Å²) < 4.78 is 3.22. The molecule has 3 aromatic rings. The van der Waals surface area contributed by atoms with Gasteiger partial charge in [0.05, 0.1) is 5.39 Å². The van der Waals surface area contributed by atoms with Crippen LogP contribution in [0.4, 0.5) is 0 Å². The predicted octanol–water partition coefficient (Wildman–Crippen LogP) is 2.49. The number of hydrogen-bond acceptors (Lipinski definition) is 3. The SMILES string of the molecule is C[C@H]1CCCC[C@@H]1NC(=O)c1cc2c(=O)n3ccccc3nc2n1C. The number of nitrogens with zero attached hydrogens (tertiary/aromatic N) is 3. The zero-order valence-corrected chi connectivity index (χ0v) is 14.5. The van der Waals surface area contributed by atoms with E-state index in [9.17, 15) is 9.59 Å². The van der Waals surface area contributed by atoms with Crippen LogP contribution >= 0.6 is 0 Å². The second kappa shape index (κ2) is 6.02. The largest absolute Gasteiger partial charge is 0.348 e. The Labute approximate surface area is 145 Å². The molecule has 1 saturated carbocycles. The molecule has 1 fully saturated rings. The predicted molar refractivity (Wildman–Crippen MR) is 96.8 cm³/mol. The Hall–Kier alpha value is -2.63. The number of carbonyl (C=O) groups excluding carboxylic acids is 1. The molecule has 130 valence electrons. The zero-order chi connectivity index (χ0) is 17.6. The highest BCUT2D eigenvalue weighted by molar-refractivity contribution is 5.98. The monoisotopic (exact) mass is 338 g/mol. The maximum absolute atomic E-state index is 12.8. The first-order valence-electron chi connectivity index (χ1n) is 8.84. The van der Waals surface area contributed by atoms with Crippen molar-refractivity contribution in [3.05, 3.63) is 46.5 Å². The number of aromatic nitrogens is 3. The third-order valence-corrected chi connectivity index (χ3v) is 5.37. The molecule has 1 aliphatic carbocycles. The quantitative estimate of drug-likeness (QED) is 0.780. The highest BCUT2D eigenvalue weighted by Gasteiger charge is 2.25. The molecular weight excluding hydrogens is 316 g/mol. The van der Waals surface area contributed by atoms with Crippen molar-refractivity contribution in [2.45, 2.75) is 38.6 Å². The van der Waals surface area contributed by atoms with Gasteiger partial charge in [-0.05, 0) is 37.0 Å². The van der Waals surface area contributed by atoms with Gasteiger partial charge in [0.25, 0.3) is 11.5 Å². The van der Waals surface area contributed by atoms with Gasteiger partial charge in [-0.1, -0.05) is 25.8 Å². The Morgan fingerprint density at radius 2 is 2.08 bits per heavy atom. The normalized spacial score (nSPS) is 20.9. The van der Waals surface area contributed by atoms with E-state index in [0.29, 0.717) is 28.3 Å². The van der Waals surface area contributed by atoms with Crippen LogP contribution in [-0.4, -0.2) is 25.9 Å². The number of nitrogens with one attached hydrogen (secondary N) is 1. The lowest BCUT2D eigenvalue weighted by Crippen LogP contribution is -2.41. The van der Waals surface area contributed by atoms with E-state index in [4.69, 9.17) is 0 Å². The van der Waals surface area contributed by atoms with Gasteiger partial charge in [-0.25, -0.2) is 4.98 Å². The number of rotatable bonds is 2. The number of hydrogen-bond donors (Lipinski definition) is 1. The average Bonchev–Trinajstić information content (AvgIpc) is 2.95. The molecule has 3 heterocycles. The van der Waals surface area contributed by atoms with Crippen LogP contribution in [0.5, 0.6) is 0 Å². The van der Waals surface area contributed by atoms with Crippen molar-refractivity contribution in [1.82, 2.24) is 19.3 Å². The van der Waals surface area contributed by atoms with Crippen molar-refractivity contribution in [3.63, 3.8) is 0 Å². The maximum atomic E-state index is 12.8. The summed E-state index contributed by atoms with van der Waals surface area (Å²) in [6, 6.07) is 7.29. The van der Waals surface area contributed by atoms with Crippen molar-refractivity contribution in [2.75, 3.05) is 0 Å². The maximum Gasteiger partial charge on any atom is 0.268 e. The van der Waals surface area contributed by atoms with Crippen molar-refractivity contribution in [2.24, 2.45) is 13.0 Å². The fourth-order valence-electron chi connectivity index (χ4n) is 3.81. The standard InChI is InChI=1S/C19H22N4O2/c1-12-7-3-4-8-14(12)20-18(24)15-11-13-17(22(15)2)21-16-9-5-6-10-23(16)19(13)25/h5-6,9-12,14H,3-4,7-8H2,1-2H3,(H,20,24)/t12-,14-/m0/s1. The highest BCUT2D eigenvalue weighted by Crippen LogP contribution is 2.24. The number of fused-ring (bicyclic) bond motifs is 2. The summed E-state index contributed by atoms with van der Waals surface area (Å²) in [5, 5.41) is 3.62. The lowest BCUT2D eigenvalue weighted by atomic mass is 9.86. The van der Waals surface area contributed by atoms with Gasteiger partial charge in [-0.3, -0.25) is 14.0 Å². The molecule has 2 atom stereocenters. The average molecular weight is 338 g/mol. The third-order valence-electron chi connectivity index (χ3n) is 5.37. The zero-order valence-electron chi connectivity index (χ0n) is 14.5. The summed E-state index contributed by atoms with van der Waals surface area (Å²) in [5.74, 6) is 0.353. The topological polar surface area (TPSA) is 68.4 Å². The first-order valence-corrected chi connectivity index (χ1v) is 8.84. The van der Waals surface area contributed by atoms with E-state index in [-0.39, 0.29) is 17.5 Å². The van der Waals surface area contributed by atoms with Crippen LogP contribution in [0.3, 0.4) is 0 Å². The molecule has 0 bridgehead atoms. The van der Waals surface area contributed by atoms with Gasteiger partial charge in [0, 0.05) is 19.3 Å². The van der Waals surface area contributed by atoms with Gasteiger partial charge in [0.15, 0.2) is 0 Å². The molecule has 1 N–H and O–H groups in total. The lowest BCUT2D eigenvalue weighted by Gasteiger charge is -2.29. The van der Waals surface area contributed by atoms with Crippen LogP contribution in [0.1, 0.15) is 43.1 Å². The first-order chi connectivity index (χ1) is 12.1. The molecule has 6 nitrogen and oxygen atoms in total. The van der Waals surface area contributed by atoms with Crippen molar-refractivity contribution >= 4 is 22.6 Å². The first kappa shape index (κ1) is 15.9. The van der Waals surface area contributed by atoms with E-state index in [1.54, 1.807) is 36.0 Å². The Kier molecular flexibility index (Phi) is 3.82. The molecule has 1 amide bonds. The van der Waals surface area contributed by atoms with E-state index >= 15 is 0 Å². The minimum absolute atomic E-state index is 0.132. The Morgan fingerprint density at radius 3 is 2.88 bits per heavy atom. The van der Waals surface area contributed by atoms with Gasteiger partial charge in [0.1, 0.15) is 17.0 Å². The van der Waals surface area contributed by atoms with Gasteiger partial charge >= 0.3 is 0 Å². The van der Waals surface area contributed by atoms with Crippen LogP contribution in [0.2, 0.25) is 0 Å². The number of aryl methyl sites for hydroxylation is 1. The van der Waals surface area contributed by atoms with Gasteiger partial charge in [-0.2, -0.15) is 0 Å². The molecule has 0 radical (unpaired) electrons. The van der Waals surface area contributed by atoms with Gasteiger partial charge in [-0.15, -0.1) is 0 Å². The molecule has 1 aliphatic rings. The van der Waals surface area contributed by atoms with Crippen LogP contribution in [0.15, 0.2) is 35.3 Å². The highest BCUT2D eigenvalue weighted by atomic mass is 16.2. The fourth-order valence-corrected chi connectivity index (χ4v) is 3.81. The second-order valence-corrected chi connectivity index (χ2v) is 7.01. The second-order valence-electron chi connectivity index (χ2n) is 7.01. The number of carbonyl (C=O) groups is 1. The summed E-state index contributed by atoms with van der Waals surface area (Å²) >= 11 is 0.